The molecule has 0 aromatic heterocycles. The number of nitrogens with zero attached hydrogens (tertiary/aromatic N) is 1. The minimum Gasteiger partial charge on any atom is -0.445 e. The van der Waals surface area contributed by atoms with E-state index in [0.29, 0.717) is 18.5 Å². The first-order chi connectivity index (χ1) is 18.3. The van der Waals surface area contributed by atoms with Crippen molar-refractivity contribution in [3.8, 4) is 0 Å². The average molecular weight is 527 g/mol. The van der Waals surface area contributed by atoms with E-state index in [1.54, 1.807) is 0 Å². The topological polar surface area (TPSA) is 114 Å². The molecular weight excluding hydrogens is 487 g/mol. The lowest BCUT2D eigenvalue weighted by molar-refractivity contribution is -0.131. The number of nitrogens with one attached hydrogen (secondary N) is 2. The van der Waals surface area contributed by atoms with Gasteiger partial charge in [0.15, 0.2) is 0 Å². The second-order valence-corrected chi connectivity index (χ2v) is 9.66. The lowest BCUT2D eigenvalue weighted by Crippen LogP contribution is -2.42. The summed E-state index contributed by atoms with van der Waals surface area (Å²) in [5.41, 5.74) is 7.88. The molecule has 0 spiro atoms. The van der Waals surface area contributed by atoms with Crippen LogP contribution in [0.5, 0.6) is 0 Å². The third-order valence-electron chi connectivity index (χ3n) is 7.25. The van der Waals surface area contributed by atoms with Crippen molar-refractivity contribution in [3.05, 3.63) is 71.0 Å². The summed E-state index contributed by atoms with van der Waals surface area (Å²) in [7, 11) is 0. The number of primary amides is 1. The van der Waals surface area contributed by atoms with Crippen LogP contribution in [0.4, 0.5) is 9.18 Å². The van der Waals surface area contributed by atoms with E-state index >= 15 is 0 Å². The van der Waals surface area contributed by atoms with Crippen molar-refractivity contribution < 1.29 is 23.5 Å². The highest BCUT2D eigenvalue weighted by molar-refractivity contribution is 5.89. The number of halogens is 1. The number of alkyl carbamates (subject to hydrolysis) is 1. The molecule has 3 amide bonds. The van der Waals surface area contributed by atoms with E-state index in [0.717, 1.165) is 50.0 Å². The van der Waals surface area contributed by atoms with E-state index in [4.69, 9.17) is 10.5 Å². The van der Waals surface area contributed by atoms with Crippen LogP contribution in [0.1, 0.15) is 68.2 Å². The predicted molar refractivity (Wildman–Crippen MR) is 144 cm³/mol. The minimum absolute atomic E-state index is 0.0103. The molecule has 1 aliphatic rings. The van der Waals surface area contributed by atoms with Crippen LogP contribution >= 0.6 is 0 Å². The molecule has 3 atom stereocenters. The molecule has 206 valence electrons. The maximum absolute atomic E-state index is 13.3. The summed E-state index contributed by atoms with van der Waals surface area (Å²) in [6, 6.07) is 12.1. The number of hydrogen-bond acceptors (Lipinski definition) is 5. The smallest absolute Gasteiger partial charge is 0.407 e. The fourth-order valence-electron chi connectivity index (χ4n) is 4.98. The molecular formula is C29H39FN4O4. The van der Waals surface area contributed by atoms with E-state index in [9.17, 15) is 18.8 Å². The average Bonchev–Trinajstić information content (AvgIpc) is 2.93. The Morgan fingerprint density at radius 3 is 2.32 bits per heavy atom. The zero-order valence-electron chi connectivity index (χ0n) is 22.3. The van der Waals surface area contributed by atoms with Gasteiger partial charge in [0.2, 0.25) is 11.8 Å². The zero-order valence-corrected chi connectivity index (χ0v) is 22.3. The third-order valence-corrected chi connectivity index (χ3v) is 7.25. The highest BCUT2D eigenvalue weighted by Gasteiger charge is 2.34. The number of nitrogens with two attached hydrogens (primary N) is 1. The summed E-state index contributed by atoms with van der Waals surface area (Å²) in [6.45, 7) is 7.49. The first kappa shape index (κ1) is 29.1. The zero-order chi connectivity index (χ0) is 27.5. The van der Waals surface area contributed by atoms with Crippen LogP contribution in [-0.2, 0) is 20.9 Å². The fourth-order valence-corrected chi connectivity index (χ4v) is 4.98. The van der Waals surface area contributed by atoms with Crippen molar-refractivity contribution in [1.29, 1.82) is 0 Å². The standard InChI is InChI=1S/C29H39FN4O4/c1-3-34(4-2)18-17-32-29(37)38-19-20-9-11-21(12-10-20)24-7-5-6-8-25(24)28(36)33-26(27(31)35)22-13-15-23(30)16-14-22/h9-16,24-26H,3-8,17-19H2,1-2H3,(H2,31,35)(H,32,37)(H,33,36)/t24-,25+,26-/m0/s1. The number of rotatable bonds is 12. The highest BCUT2D eigenvalue weighted by atomic mass is 19.1. The van der Waals surface area contributed by atoms with Crippen LogP contribution in [0.3, 0.4) is 0 Å². The van der Waals surface area contributed by atoms with Crippen molar-refractivity contribution in [2.75, 3.05) is 26.2 Å². The van der Waals surface area contributed by atoms with Gasteiger partial charge in [-0.3, -0.25) is 9.59 Å². The molecule has 3 rings (SSSR count). The molecule has 38 heavy (non-hydrogen) atoms. The molecule has 0 bridgehead atoms. The van der Waals surface area contributed by atoms with Gasteiger partial charge in [-0.2, -0.15) is 0 Å². The Labute approximate surface area is 224 Å². The van der Waals surface area contributed by atoms with E-state index in [1.165, 1.54) is 24.3 Å². The van der Waals surface area contributed by atoms with Gasteiger partial charge in [0, 0.05) is 19.0 Å². The van der Waals surface area contributed by atoms with Crippen LogP contribution in [0, 0.1) is 11.7 Å². The molecule has 8 nitrogen and oxygen atoms in total. The van der Waals surface area contributed by atoms with Crippen LogP contribution in [0.2, 0.25) is 0 Å². The van der Waals surface area contributed by atoms with Gasteiger partial charge in [-0.15, -0.1) is 0 Å². The predicted octanol–water partition coefficient (Wildman–Crippen LogP) is 4.01. The molecule has 4 N–H and O–H groups in total. The lowest BCUT2D eigenvalue weighted by Gasteiger charge is -2.32. The lowest BCUT2D eigenvalue weighted by atomic mass is 9.74. The van der Waals surface area contributed by atoms with Gasteiger partial charge in [-0.25, -0.2) is 9.18 Å². The van der Waals surface area contributed by atoms with Gasteiger partial charge < -0.3 is 26.0 Å². The highest BCUT2D eigenvalue weighted by Crippen LogP contribution is 2.38. The number of carbonyl (C=O) groups excluding carboxylic acids is 3. The molecule has 0 aliphatic heterocycles. The molecule has 9 heteroatoms. The molecule has 0 unspecified atom stereocenters. The number of benzene rings is 2. The molecule has 0 radical (unpaired) electrons. The Balaban J connectivity index is 1.58. The van der Waals surface area contributed by atoms with Gasteiger partial charge in [-0.1, -0.05) is 63.1 Å². The number of likely N-dealkylation sites (N-methyl/N-ethyl adjacent to an activating group) is 1. The van der Waals surface area contributed by atoms with E-state index in [2.05, 4.69) is 29.4 Å². The number of hydrogen-bond donors (Lipinski definition) is 3. The Hall–Kier alpha value is -3.46. The molecule has 2 aromatic carbocycles. The van der Waals surface area contributed by atoms with Crippen molar-refractivity contribution in [3.63, 3.8) is 0 Å². The van der Waals surface area contributed by atoms with E-state index < -0.39 is 23.9 Å². The SMILES string of the molecule is CCN(CC)CCNC(=O)OCc1ccc([C@@H]2CCCC[C@H]2C(=O)N[C@H](C(N)=O)c2ccc(F)cc2)cc1. The molecule has 1 fully saturated rings. The molecule has 0 saturated heterocycles. The number of carbonyl (C=O) groups is 3. The van der Waals surface area contributed by atoms with Crippen LogP contribution in [0.25, 0.3) is 0 Å². The molecule has 2 aromatic rings. The fraction of sp³-hybridized carbons (Fsp3) is 0.483. The maximum atomic E-state index is 13.3. The minimum atomic E-state index is -1.02. The normalized spacial score (nSPS) is 18.0. The third kappa shape index (κ3) is 8.28. The quantitative estimate of drug-likeness (QED) is 0.387. The van der Waals surface area contributed by atoms with Crippen LogP contribution in [0.15, 0.2) is 48.5 Å². The summed E-state index contributed by atoms with van der Waals surface area (Å²) in [5, 5.41) is 5.57. The summed E-state index contributed by atoms with van der Waals surface area (Å²) >= 11 is 0. The summed E-state index contributed by atoms with van der Waals surface area (Å²) in [6.07, 6.45) is 3.02. The van der Waals surface area contributed by atoms with Gasteiger partial charge in [-0.05, 0) is 60.7 Å². The Bertz CT molecular complexity index is 1060. The summed E-state index contributed by atoms with van der Waals surface area (Å²) < 4.78 is 18.7. The second-order valence-electron chi connectivity index (χ2n) is 9.66. The molecule has 1 saturated carbocycles. The van der Waals surface area contributed by atoms with Gasteiger partial charge in [0.05, 0.1) is 0 Å². The van der Waals surface area contributed by atoms with Crippen molar-refractivity contribution in [2.45, 2.75) is 58.1 Å². The largest absolute Gasteiger partial charge is 0.445 e. The maximum Gasteiger partial charge on any atom is 0.407 e. The van der Waals surface area contributed by atoms with Crippen molar-refractivity contribution >= 4 is 17.9 Å². The summed E-state index contributed by atoms with van der Waals surface area (Å²) in [4.78, 5) is 39.6. The first-order valence-electron chi connectivity index (χ1n) is 13.4. The van der Waals surface area contributed by atoms with E-state index in [1.807, 2.05) is 24.3 Å². The Morgan fingerprint density at radius 1 is 1.03 bits per heavy atom. The number of amides is 3. The van der Waals surface area contributed by atoms with Crippen molar-refractivity contribution in [1.82, 2.24) is 15.5 Å². The molecule has 0 heterocycles. The van der Waals surface area contributed by atoms with Crippen LogP contribution < -0.4 is 16.4 Å². The van der Waals surface area contributed by atoms with Gasteiger partial charge >= 0.3 is 6.09 Å². The Kier molecular flexibility index (Phi) is 11.1. The second kappa shape index (κ2) is 14.5. The van der Waals surface area contributed by atoms with Gasteiger partial charge in [0.25, 0.3) is 0 Å². The summed E-state index contributed by atoms with van der Waals surface area (Å²) in [5.74, 6) is -1.69. The van der Waals surface area contributed by atoms with Crippen molar-refractivity contribution in [2.24, 2.45) is 11.7 Å². The first-order valence-corrected chi connectivity index (χ1v) is 13.4. The van der Waals surface area contributed by atoms with Crippen LogP contribution in [-0.4, -0.2) is 49.0 Å². The molecule has 1 aliphatic carbocycles. The van der Waals surface area contributed by atoms with E-state index in [-0.39, 0.29) is 24.3 Å². The van der Waals surface area contributed by atoms with Gasteiger partial charge in [0.1, 0.15) is 18.5 Å². The Morgan fingerprint density at radius 2 is 1.68 bits per heavy atom. The monoisotopic (exact) mass is 526 g/mol. The number of ether oxygens (including phenoxy) is 1.